The number of benzene rings is 1. The Hall–Kier alpha value is 0.150. The van der Waals surface area contributed by atoms with E-state index >= 15 is 0 Å². The van der Waals surface area contributed by atoms with Gasteiger partial charge >= 0.3 is 12.1 Å². The van der Waals surface area contributed by atoms with Crippen LogP contribution in [-0.4, -0.2) is 17.2 Å². The van der Waals surface area contributed by atoms with Crippen molar-refractivity contribution in [2.24, 2.45) is 5.73 Å². The summed E-state index contributed by atoms with van der Waals surface area (Å²) in [7, 11) is 0. The molecule has 8 heteroatoms. The smallest absolute Gasteiger partial charge is 0.420 e. The van der Waals surface area contributed by atoms with Crippen molar-refractivity contribution >= 4 is 85.6 Å². The highest BCUT2D eigenvalue weighted by Crippen LogP contribution is 2.30. The number of hydrogen-bond donors (Lipinski definition) is 2. The molecule has 3 N–H and O–H groups in total. The molecule has 0 aliphatic heterocycles. The fraction of sp³-hybridized carbons (Fsp3) is 0. The Bertz CT molecular complexity index is 427. The summed E-state index contributed by atoms with van der Waals surface area (Å²) in [6, 6.07) is 2.54. The number of carbonyl (C=O) groups is 2. The van der Waals surface area contributed by atoms with E-state index in [1.807, 2.05) is 45.2 Å². The average Bonchev–Trinajstić information content (AvgIpc) is 2.09. The summed E-state index contributed by atoms with van der Waals surface area (Å²) in [5, 5.41) is 8.93. The third-order valence-corrected chi connectivity index (χ3v) is 3.88. The van der Waals surface area contributed by atoms with E-state index in [2.05, 4.69) is 22.6 Å². The van der Waals surface area contributed by atoms with Crippen LogP contribution >= 0.6 is 67.8 Å². The maximum absolute atomic E-state index is 11.1. The molecule has 0 aromatic heterocycles. The van der Waals surface area contributed by atoms with Crippen LogP contribution in [0.3, 0.4) is 0 Å². The summed E-state index contributed by atoms with van der Waals surface area (Å²) in [6.45, 7) is 0. The molecule has 0 fully saturated rings. The van der Waals surface area contributed by atoms with Crippen LogP contribution in [0.25, 0.3) is 0 Å². The number of primary amides is 1. The largest absolute Gasteiger partial charge is 0.464 e. The number of halogens is 3. The molecular weight excluding hydrogens is 553 g/mol. The monoisotopic (exact) mass is 558 g/mol. The van der Waals surface area contributed by atoms with Crippen molar-refractivity contribution in [3.8, 4) is 0 Å². The number of urea groups is 1. The topological polar surface area (TPSA) is 83.6 Å². The number of hydrogen-bond acceptors (Lipinski definition) is 2. The van der Waals surface area contributed by atoms with E-state index < -0.39 is 12.1 Å². The lowest BCUT2D eigenvalue weighted by molar-refractivity contribution is 0.200. The van der Waals surface area contributed by atoms with Gasteiger partial charge in [0.25, 0.3) is 0 Å². The molecule has 86 valence electrons. The summed E-state index contributed by atoms with van der Waals surface area (Å²) in [5.41, 5.74) is 5.35. The third kappa shape index (κ3) is 3.09. The van der Waals surface area contributed by atoms with Crippen molar-refractivity contribution in [2.75, 3.05) is 4.90 Å². The molecule has 0 saturated carbocycles. The summed E-state index contributed by atoms with van der Waals surface area (Å²) in [6.07, 6.45) is -1.38. The predicted molar refractivity (Wildman–Crippen MR) is 84.7 cm³/mol. The fourth-order valence-corrected chi connectivity index (χ4v) is 5.11. The molecule has 1 aromatic rings. The van der Waals surface area contributed by atoms with Gasteiger partial charge in [-0.05, 0) is 79.9 Å². The highest BCUT2D eigenvalue weighted by atomic mass is 127. The maximum Gasteiger partial charge on any atom is 0.420 e. The molecular formula is C8H5I3N2O3. The van der Waals surface area contributed by atoms with Gasteiger partial charge in [0, 0.05) is 10.7 Å². The lowest BCUT2D eigenvalue weighted by atomic mass is 10.3. The Kier molecular flexibility index (Phi) is 5.03. The SMILES string of the molecule is NC(=O)N(C(=O)O)c1c(I)cc(I)cc1I. The summed E-state index contributed by atoms with van der Waals surface area (Å²) >= 11 is 6.06. The number of nitrogens with two attached hydrogens (primary N) is 1. The first-order valence-corrected chi connectivity index (χ1v) is 7.05. The first-order valence-electron chi connectivity index (χ1n) is 3.81. The second-order valence-corrected chi connectivity index (χ2v) is 6.24. The van der Waals surface area contributed by atoms with Gasteiger partial charge < -0.3 is 10.8 Å². The zero-order chi connectivity index (χ0) is 12.5. The van der Waals surface area contributed by atoms with Crippen LogP contribution in [-0.2, 0) is 0 Å². The van der Waals surface area contributed by atoms with Crippen molar-refractivity contribution in [3.05, 3.63) is 22.8 Å². The molecule has 0 radical (unpaired) electrons. The van der Waals surface area contributed by atoms with Gasteiger partial charge in [-0.3, -0.25) is 0 Å². The normalized spacial score (nSPS) is 9.94. The molecule has 16 heavy (non-hydrogen) atoms. The second kappa shape index (κ2) is 5.66. The molecule has 0 bridgehead atoms. The van der Waals surface area contributed by atoms with E-state index in [1.54, 1.807) is 12.1 Å². The highest BCUT2D eigenvalue weighted by molar-refractivity contribution is 14.1. The van der Waals surface area contributed by atoms with Gasteiger partial charge in [-0.25, -0.2) is 9.59 Å². The zero-order valence-electron chi connectivity index (χ0n) is 7.58. The quantitative estimate of drug-likeness (QED) is 0.521. The molecule has 1 aromatic carbocycles. The average molecular weight is 558 g/mol. The molecule has 0 atom stereocenters. The predicted octanol–water partition coefficient (Wildman–Crippen LogP) is 3.06. The van der Waals surface area contributed by atoms with Gasteiger partial charge in [-0.1, -0.05) is 0 Å². The molecule has 0 saturated heterocycles. The zero-order valence-corrected chi connectivity index (χ0v) is 14.0. The molecule has 1 rings (SSSR count). The van der Waals surface area contributed by atoms with Crippen molar-refractivity contribution in [3.63, 3.8) is 0 Å². The molecule has 0 spiro atoms. The van der Waals surface area contributed by atoms with Crippen molar-refractivity contribution in [2.45, 2.75) is 0 Å². The van der Waals surface area contributed by atoms with Gasteiger partial charge in [0.15, 0.2) is 0 Å². The number of anilines is 1. The summed E-state index contributed by atoms with van der Waals surface area (Å²) < 4.78 is 2.29. The minimum Gasteiger partial charge on any atom is -0.464 e. The number of rotatable bonds is 1. The van der Waals surface area contributed by atoms with Crippen LogP contribution < -0.4 is 10.6 Å². The maximum atomic E-state index is 11.1. The van der Waals surface area contributed by atoms with Gasteiger partial charge in [0.1, 0.15) is 0 Å². The van der Waals surface area contributed by atoms with Gasteiger partial charge in [-0.2, -0.15) is 4.90 Å². The van der Waals surface area contributed by atoms with E-state index in [1.165, 1.54) is 0 Å². The minimum atomic E-state index is -1.38. The molecule has 0 aliphatic carbocycles. The molecule has 0 heterocycles. The Morgan fingerprint density at radius 2 is 1.62 bits per heavy atom. The van der Waals surface area contributed by atoms with Crippen LogP contribution in [0.1, 0.15) is 0 Å². The lowest BCUT2D eigenvalue weighted by Gasteiger charge is -2.18. The Labute approximate surface area is 132 Å². The first-order chi connectivity index (χ1) is 7.34. The van der Waals surface area contributed by atoms with Crippen LogP contribution in [0.2, 0.25) is 0 Å². The standard InChI is InChI=1S/C8H5I3N2O3/c9-3-1-4(10)6(5(11)2-3)13(7(12)14)8(15)16/h1-2H,(H2,12,14)(H,15,16). The van der Waals surface area contributed by atoms with Crippen LogP contribution in [0.4, 0.5) is 15.3 Å². The summed E-state index contributed by atoms with van der Waals surface area (Å²) in [5.74, 6) is 0. The Balaban J connectivity index is 3.41. The number of nitrogens with zero attached hydrogens (tertiary/aromatic N) is 1. The van der Waals surface area contributed by atoms with Gasteiger partial charge in [-0.15, -0.1) is 0 Å². The van der Waals surface area contributed by atoms with E-state index in [4.69, 9.17) is 10.8 Å². The van der Waals surface area contributed by atoms with Gasteiger partial charge in [0.05, 0.1) is 5.69 Å². The molecule has 5 nitrogen and oxygen atoms in total. The Morgan fingerprint density at radius 1 is 1.19 bits per heavy atom. The van der Waals surface area contributed by atoms with Gasteiger partial charge in [0.2, 0.25) is 0 Å². The number of imide groups is 1. The van der Waals surface area contributed by atoms with E-state index in [-0.39, 0.29) is 0 Å². The second-order valence-electron chi connectivity index (χ2n) is 2.67. The van der Waals surface area contributed by atoms with E-state index in [0.717, 1.165) is 3.57 Å². The van der Waals surface area contributed by atoms with Crippen molar-refractivity contribution in [1.82, 2.24) is 0 Å². The third-order valence-electron chi connectivity index (χ3n) is 1.62. The number of carbonyl (C=O) groups excluding carboxylic acids is 1. The van der Waals surface area contributed by atoms with Crippen molar-refractivity contribution in [1.29, 1.82) is 0 Å². The molecule has 0 unspecified atom stereocenters. The molecule has 3 amide bonds. The van der Waals surface area contributed by atoms with E-state index in [0.29, 0.717) is 17.7 Å². The summed E-state index contributed by atoms with van der Waals surface area (Å²) in [4.78, 5) is 22.6. The Morgan fingerprint density at radius 3 is 1.94 bits per heavy atom. The lowest BCUT2D eigenvalue weighted by Crippen LogP contribution is -2.40. The molecule has 0 aliphatic rings. The highest BCUT2D eigenvalue weighted by Gasteiger charge is 2.25. The minimum absolute atomic E-state index is 0.307. The van der Waals surface area contributed by atoms with Crippen LogP contribution in [0, 0.1) is 10.7 Å². The van der Waals surface area contributed by atoms with Crippen LogP contribution in [0.15, 0.2) is 12.1 Å². The van der Waals surface area contributed by atoms with E-state index in [9.17, 15) is 9.59 Å². The van der Waals surface area contributed by atoms with Crippen LogP contribution in [0.5, 0.6) is 0 Å². The number of carboxylic acid groups (broad SMARTS) is 1. The van der Waals surface area contributed by atoms with Crippen molar-refractivity contribution < 1.29 is 14.7 Å². The fourth-order valence-electron chi connectivity index (χ4n) is 1.05. The first kappa shape index (κ1) is 14.2. The number of amides is 3.